The molecule has 0 aromatic heterocycles. The highest BCUT2D eigenvalue weighted by atomic mass is 35.5. The molecule has 1 saturated heterocycles. The van der Waals surface area contributed by atoms with E-state index in [1.807, 2.05) is 24.3 Å². The summed E-state index contributed by atoms with van der Waals surface area (Å²) in [6.07, 6.45) is 3.88. The fourth-order valence-corrected chi connectivity index (χ4v) is 2.74. The maximum Gasteiger partial charge on any atom is 0.191 e. The van der Waals surface area contributed by atoms with Crippen molar-refractivity contribution in [3.05, 3.63) is 34.9 Å². The minimum absolute atomic E-state index is 0.665. The number of halogens is 1. The number of likely N-dealkylation sites (tertiary alicyclic amines) is 1. The zero-order chi connectivity index (χ0) is 15.6. The van der Waals surface area contributed by atoms with Gasteiger partial charge in [0.15, 0.2) is 5.96 Å². The Kier molecular flexibility index (Phi) is 7.54. The summed E-state index contributed by atoms with van der Waals surface area (Å²) in [7, 11) is 0. The Morgan fingerprint density at radius 3 is 2.59 bits per heavy atom. The lowest BCUT2D eigenvalue weighted by atomic mass is 10.2. The third kappa shape index (κ3) is 6.24. The molecule has 1 heterocycles. The summed E-state index contributed by atoms with van der Waals surface area (Å²) in [5, 5.41) is 7.47. The van der Waals surface area contributed by atoms with E-state index in [0.29, 0.717) is 6.54 Å². The first-order chi connectivity index (χ1) is 10.8. The van der Waals surface area contributed by atoms with Gasteiger partial charge in [-0.1, -0.05) is 23.7 Å². The number of rotatable bonds is 7. The summed E-state index contributed by atoms with van der Waals surface area (Å²) in [6, 6.07) is 7.84. The van der Waals surface area contributed by atoms with Gasteiger partial charge in [-0.3, -0.25) is 0 Å². The average molecular weight is 323 g/mol. The fraction of sp³-hybridized carbons (Fsp3) is 0.588. The fourth-order valence-electron chi connectivity index (χ4n) is 2.62. The molecule has 0 aliphatic carbocycles. The van der Waals surface area contributed by atoms with Crippen molar-refractivity contribution in [3.63, 3.8) is 0 Å². The second-order valence-electron chi connectivity index (χ2n) is 5.65. The van der Waals surface area contributed by atoms with Gasteiger partial charge in [-0.25, -0.2) is 4.99 Å². The minimum Gasteiger partial charge on any atom is -0.357 e. The standard InChI is InChI=1S/C17H27ClN4/c1-2-19-17(20-10-5-13-22-11-3-4-12-22)21-14-15-6-8-16(18)9-7-15/h6-9H,2-5,10-14H2,1H3,(H2,19,20,21). The number of aliphatic imine (C=N–C) groups is 1. The van der Waals surface area contributed by atoms with Crippen molar-refractivity contribution in [2.24, 2.45) is 4.99 Å². The molecule has 122 valence electrons. The molecule has 2 N–H and O–H groups in total. The van der Waals surface area contributed by atoms with Crippen molar-refractivity contribution >= 4 is 17.6 Å². The van der Waals surface area contributed by atoms with Gasteiger partial charge in [0.2, 0.25) is 0 Å². The zero-order valence-corrected chi connectivity index (χ0v) is 14.2. The van der Waals surface area contributed by atoms with Crippen molar-refractivity contribution in [2.45, 2.75) is 32.7 Å². The van der Waals surface area contributed by atoms with Crippen LogP contribution in [0.15, 0.2) is 29.3 Å². The van der Waals surface area contributed by atoms with E-state index in [4.69, 9.17) is 11.6 Å². The van der Waals surface area contributed by atoms with Gasteiger partial charge in [-0.15, -0.1) is 0 Å². The van der Waals surface area contributed by atoms with Crippen LogP contribution in [0.1, 0.15) is 31.7 Å². The lowest BCUT2D eigenvalue weighted by Crippen LogP contribution is -2.38. The molecule has 0 unspecified atom stereocenters. The molecule has 0 bridgehead atoms. The molecular formula is C17H27ClN4. The van der Waals surface area contributed by atoms with Gasteiger partial charge in [0.25, 0.3) is 0 Å². The summed E-state index contributed by atoms with van der Waals surface area (Å²) < 4.78 is 0. The van der Waals surface area contributed by atoms with Crippen LogP contribution in [0.3, 0.4) is 0 Å². The zero-order valence-electron chi connectivity index (χ0n) is 13.4. The average Bonchev–Trinajstić information content (AvgIpc) is 3.04. The van der Waals surface area contributed by atoms with Crippen LogP contribution in [-0.4, -0.2) is 43.6 Å². The highest BCUT2D eigenvalue weighted by Gasteiger charge is 2.10. The molecule has 0 saturated carbocycles. The van der Waals surface area contributed by atoms with Crippen LogP contribution in [0.5, 0.6) is 0 Å². The Morgan fingerprint density at radius 2 is 1.91 bits per heavy atom. The first-order valence-electron chi connectivity index (χ1n) is 8.27. The molecule has 0 amide bonds. The van der Waals surface area contributed by atoms with Crippen molar-refractivity contribution in [3.8, 4) is 0 Å². The van der Waals surface area contributed by atoms with Gasteiger partial charge in [-0.2, -0.15) is 0 Å². The topological polar surface area (TPSA) is 39.7 Å². The Labute approximate surface area is 138 Å². The quantitative estimate of drug-likeness (QED) is 0.460. The summed E-state index contributed by atoms with van der Waals surface area (Å²) in [5.41, 5.74) is 1.17. The van der Waals surface area contributed by atoms with Crippen molar-refractivity contribution in [1.29, 1.82) is 0 Å². The van der Waals surface area contributed by atoms with Crippen molar-refractivity contribution in [2.75, 3.05) is 32.7 Å². The number of guanidine groups is 1. The van der Waals surface area contributed by atoms with Gasteiger partial charge in [-0.05, 0) is 63.5 Å². The molecule has 1 aromatic carbocycles. The third-order valence-corrected chi connectivity index (χ3v) is 4.07. The van der Waals surface area contributed by atoms with E-state index in [9.17, 15) is 0 Å². The summed E-state index contributed by atoms with van der Waals surface area (Å²) in [4.78, 5) is 7.16. The molecule has 5 heteroatoms. The minimum atomic E-state index is 0.665. The van der Waals surface area contributed by atoms with Gasteiger partial charge < -0.3 is 15.5 Å². The number of hydrogen-bond donors (Lipinski definition) is 2. The van der Waals surface area contributed by atoms with E-state index in [1.54, 1.807) is 0 Å². The van der Waals surface area contributed by atoms with Crippen LogP contribution in [0, 0.1) is 0 Å². The Bertz CT molecular complexity index is 452. The number of nitrogens with one attached hydrogen (secondary N) is 2. The maximum atomic E-state index is 5.90. The molecule has 1 aromatic rings. The van der Waals surface area contributed by atoms with Crippen molar-refractivity contribution < 1.29 is 0 Å². The molecule has 2 rings (SSSR count). The van der Waals surface area contributed by atoms with Crippen LogP contribution < -0.4 is 10.6 Å². The van der Waals surface area contributed by atoms with Crippen LogP contribution in [-0.2, 0) is 6.54 Å². The van der Waals surface area contributed by atoms with Crippen LogP contribution in [0.4, 0.5) is 0 Å². The second kappa shape index (κ2) is 9.70. The molecule has 1 fully saturated rings. The molecule has 0 atom stereocenters. The molecule has 0 spiro atoms. The summed E-state index contributed by atoms with van der Waals surface area (Å²) >= 11 is 5.90. The Balaban J connectivity index is 1.72. The first-order valence-corrected chi connectivity index (χ1v) is 8.64. The summed E-state index contributed by atoms with van der Waals surface area (Å²) in [5.74, 6) is 0.888. The largest absolute Gasteiger partial charge is 0.357 e. The predicted molar refractivity (Wildman–Crippen MR) is 94.6 cm³/mol. The van der Waals surface area contributed by atoms with E-state index < -0.39 is 0 Å². The van der Waals surface area contributed by atoms with Gasteiger partial charge in [0.1, 0.15) is 0 Å². The van der Waals surface area contributed by atoms with E-state index in [0.717, 1.165) is 30.5 Å². The Hall–Kier alpha value is -1.26. The van der Waals surface area contributed by atoms with Crippen LogP contribution >= 0.6 is 11.6 Å². The SMILES string of the molecule is CCNC(=NCc1ccc(Cl)cc1)NCCCN1CCCC1. The van der Waals surface area contributed by atoms with Crippen molar-refractivity contribution in [1.82, 2.24) is 15.5 Å². The highest BCUT2D eigenvalue weighted by molar-refractivity contribution is 6.30. The van der Waals surface area contributed by atoms with E-state index in [-0.39, 0.29) is 0 Å². The van der Waals surface area contributed by atoms with E-state index in [2.05, 4.69) is 27.4 Å². The highest BCUT2D eigenvalue weighted by Crippen LogP contribution is 2.10. The van der Waals surface area contributed by atoms with Crippen LogP contribution in [0.2, 0.25) is 5.02 Å². The third-order valence-electron chi connectivity index (χ3n) is 3.82. The second-order valence-corrected chi connectivity index (χ2v) is 6.09. The van der Waals surface area contributed by atoms with Gasteiger partial charge in [0.05, 0.1) is 6.54 Å². The lowest BCUT2D eigenvalue weighted by molar-refractivity contribution is 0.334. The van der Waals surface area contributed by atoms with Gasteiger partial charge in [0, 0.05) is 18.1 Å². The molecule has 1 aliphatic heterocycles. The van der Waals surface area contributed by atoms with Gasteiger partial charge >= 0.3 is 0 Å². The first kappa shape index (κ1) is 17.1. The lowest BCUT2D eigenvalue weighted by Gasteiger charge is -2.15. The Morgan fingerprint density at radius 1 is 1.18 bits per heavy atom. The molecule has 22 heavy (non-hydrogen) atoms. The number of nitrogens with zero attached hydrogens (tertiary/aromatic N) is 2. The summed E-state index contributed by atoms with van der Waals surface area (Å²) in [6.45, 7) is 8.31. The predicted octanol–water partition coefficient (Wildman–Crippen LogP) is 2.88. The van der Waals surface area contributed by atoms with Crippen LogP contribution in [0.25, 0.3) is 0 Å². The molecule has 0 radical (unpaired) electrons. The van der Waals surface area contributed by atoms with E-state index in [1.165, 1.54) is 38.0 Å². The maximum absolute atomic E-state index is 5.90. The normalized spacial score (nSPS) is 16.0. The number of hydrogen-bond acceptors (Lipinski definition) is 2. The number of benzene rings is 1. The van der Waals surface area contributed by atoms with E-state index >= 15 is 0 Å². The molecule has 1 aliphatic rings. The molecular weight excluding hydrogens is 296 g/mol. The monoisotopic (exact) mass is 322 g/mol. The smallest absolute Gasteiger partial charge is 0.191 e. The molecule has 4 nitrogen and oxygen atoms in total.